The molecule has 142 valence electrons. The molecule has 9 heteroatoms. The van der Waals surface area contributed by atoms with Gasteiger partial charge in [0, 0.05) is 50.0 Å². The lowest BCUT2D eigenvalue weighted by molar-refractivity contribution is 0.345. The van der Waals surface area contributed by atoms with E-state index in [0.717, 1.165) is 36.1 Å². The van der Waals surface area contributed by atoms with E-state index in [-0.39, 0.29) is 0 Å². The number of fused-ring (bicyclic) bond motifs is 1. The summed E-state index contributed by atoms with van der Waals surface area (Å²) in [6.45, 7) is 2.16. The van der Waals surface area contributed by atoms with E-state index in [1.54, 1.807) is 20.4 Å². The van der Waals surface area contributed by atoms with Gasteiger partial charge in [-0.05, 0) is 24.5 Å². The lowest BCUT2D eigenvalue weighted by Gasteiger charge is -2.42. The van der Waals surface area contributed by atoms with Crippen molar-refractivity contribution in [2.75, 3.05) is 45.8 Å². The topological polar surface area (TPSA) is 98.0 Å². The molecule has 8 nitrogen and oxygen atoms in total. The molecular weight excluding hydrogens is 356 g/mol. The number of rotatable bonds is 7. The molecule has 1 fully saturated rings. The minimum Gasteiger partial charge on any atom is -0.493 e. The minimum atomic E-state index is -3.61. The van der Waals surface area contributed by atoms with Crippen LogP contribution < -0.4 is 19.5 Å². The standard InChI is InChI=1S/C17H24N4O4S/c1-20(26(18,22)23)7-5-12-10-21(11-12)15-4-6-19-14-9-17(25-3)16(24-2)8-13(14)15/h4,6,8-9,12H,5,7,10-11H2,1-3H3,(H2,18,22,23). The van der Waals surface area contributed by atoms with Crippen LogP contribution in [0.25, 0.3) is 10.9 Å². The van der Waals surface area contributed by atoms with Crippen LogP contribution in [0.4, 0.5) is 5.69 Å². The maximum Gasteiger partial charge on any atom is 0.276 e. The maximum absolute atomic E-state index is 11.3. The van der Waals surface area contributed by atoms with E-state index in [9.17, 15) is 8.42 Å². The second-order valence-corrected chi connectivity index (χ2v) is 8.13. The molecule has 0 radical (unpaired) electrons. The first-order valence-electron chi connectivity index (χ1n) is 8.33. The van der Waals surface area contributed by atoms with Crippen molar-refractivity contribution >= 4 is 26.8 Å². The number of methoxy groups -OCH3 is 2. The Morgan fingerprint density at radius 1 is 1.27 bits per heavy atom. The smallest absolute Gasteiger partial charge is 0.276 e. The quantitative estimate of drug-likeness (QED) is 0.775. The second-order valence-electron chi connectivity index (χ2n) is 6.48. The van der Waals surface area contributed by atoms with E-state index in [0.29, 0.717) is 24.0 Å². The number of anilines is 1. The van der Waals surface area contributed by atoms with Crippen LogP contribution in [0.15, 0.2) is 24.4 Å². The molecule has 0 aliphatic carbocycles. The highest BCUT2D eigenvalue weighted by atomic mass is 32.2. The predicted octanol–water partition coefficient (Wildman–Crippen LogP) is 1.21. The van der Waals surface area contributed by atoms with E-state index in [2.05, 4.69) is 9.88 Å². The van der Waals surface area contributed by atoms with Gasteiger partial charge in [-0.2, -0.15) is 12.7 Å². The fraction of sp³-hybridized carbons (Fsp3) is 0.471. The lowest BCUT2D eigenvalue weighted by Crippen LogP contribution is -2.48. The Hall–Kier alpha value is -2.10. The van der Waals surface area contributed by atoms with Gasteiger partial charge in [-0.1, -0.05) is 0 Å². The monoisotopic (exact) mass is 380 g/mol. The average Bonchev–Trinajstić information content (AvgIpc) is 2.58. The summed E-state index contributed by atoms with van der Waals surface area (Å²) in [7, 11) is 1.11. The van der Waals surface area contributed by atoms with Crippen molar-refractivity contribution in [3.63, 3.8) is 0 Å². The fourth-order valence-corrected chi connectivity index (χ4v) is 3.53. The molecular formula is C17H24N4O4S. The van der Waals surface area contributed by atoms with Gasteiger partial charge >= 0.3 is 0 Å². The van der Waals surface area contributed by atoms with Crippen molar-refractivity contribution in [1.82, 2.24) is 9.29 Å². The van der Waals surface area contributed by atoms with E-state index in [1.807, 2.05) is 18.2 Å². The first-order chi connectivity index (χ1) is 12.3. The molecule has 1 aliphatic heterocycles. The molecule has 0 unspecified atom stereocenters. The fourth-order valence-electron chi connectivity index (χ4n) is 3.17. The highest BCUT2D eigenvalue weighted by molar-refractivity contribution is 7.86. The van der Waals surface area contributed by atoms with Crippen LogP contribution in [0, 0.1) is 5.92 Å². The maximum atomic E-state index is 11.3. The van der Waals surface area contributed by atoms with E-state index >= 15 is 0 Å². The lowest BCUT2D eigenvalue weighted by atomic mass is 9.95. The number of ether oxygens (including phenoxy) is 2. The molecule has 0 amide bonds. The largest absolute Gasteiger partial charge is 0.493 e. The molecule has 2 heterocycles. The van der Waals surface area contributed by atoms with Crippen LogP contribution in [-0.2, 0) is 10.2 Å². The molecule has 0 bridgehead atoms. The first-order valence-corrected chi connectivity index (χ1v) is 9.83. The van der Waals surface area contributed by atoms with Crippen LogP contribution in [0.2, 0.25) is 0 Å². The Morgan fingerprint density at radius 2 is 1.92 bits per heavy atom. The summed E-state index contributed by atoms with van der Waals surface area (Å²) >= 11 is 0. The zero-order valence-corrected chi connectivity index (χ0v) is 16.0. The van der Waals surface area contributed by atoms with Crippen molar-refractivity contribution < 1.29 is 17.9 Å². The minimum absolute atomic E-state index is 0.430. The summed E-state index contributed by atoms with van der Waals surface area (Å²) in [6.07, 6.45) is 2.56. The predicted molar refractivity (Wildman–Crippen MR) is 101 cm³/mol. The van der Waals surface area contributed by atoms with Gasteiger partial charge in [0.2, 0.25) is 0 Å². The molecule has 0 saturated carbocycles. The summed E-state index contributed by atoms with van der Waals surface area (Å²) in [5.41, 5.74) is 1.93. The Morgan fingerprint density at radius 3 is 2.54 bits per heavy atom. The Bertz CT molecular complexity index is 897. The molecule has 0 spiro atoms. The third kappa shape index (κ3) is 3.69. The van der Waals surface area contributed by atoms with Crippen LogP contribution in [0.5, 0.6) is 11.5 Å². The Balaban J connectivity index is 1.72. The number of aromatic nitrogens is 1. The molecule has 1 saturated heterocycles. The third-order valence-electron chi connectivity index (χ3n) is 4.81. The van der Waals surface area contributed by atoms with Crippen molar-refractivity contribution in [1.29, 1.82) is 0 Å². The van der Waals surface area contributed by atoms with Crippen LogP contribution >= 0.6 is 0 Å². The molecule has 3 rings (SSSR count). The van der Waals surface area contributed by atoms with Gasteiger partial charge in [-0.25, -0.2) is 5.14 Å². The summed E-state index contributed by atoms with van der Waals surface area (Å²) < 4.78 is 34.5. The SMILES string of the molecule is COc1cc2nccc(N3CC(CCN(C)S(N)(=O)=O)C3)c2cc1OC. The van der Waals surface area contributed by atoms with Gasteiger partial charge < -0.3 is 14.4 Å². The molecule has 1 aromatic heterocycles. The highest BCUT2D eigenvalue weighted by Gasteiger charge is 2.29. The zero-order chi connectivity index (χ0) is 18.9. The van der Waals surface area contributed by atoms with Crippen LogP contribution in [0.1, 0.15) is 6.42 Å². The van der Waals surface area contributed by atoms with Gasteiger partial charge in [0.25, 0.3) is 10.2 Å². The van der Waals surface area contributed by atoms with Crippen LogP contribution in [-0.4, -0.2) is 58.6 Å². The molecule has 2 aromatic rings. The summed E-state index contributed by atoms with van der Waals surface area (Å²) in [5.74, 6) is 1.75. The number of pyridine rings is 1. The Labute approximate surface area is 153 Å². The molecule has 26 heavy (non-hydrogen) atoms. The molecule has 0 atom stereocenters. The van der Waals surface area contributed by atoms with E-state index < -0.39 is 10.2 Å². The molecule has 2 N–H and O–H groups in total. The number of nitrogens with two attached hydrogens (primary N) is 1. The molecule has 1 aliphatic rings. The van der Waals surface area contributed by atoms with Crippen molar-refractivity contribution in [2.24, 2.45) is 11.1 Å². The van der Waals surface area contributed by atoms with Crippen molar-refractivity contribution in [2.45, 2.75) is 6.42 Å². The third-order valence-corrected chi connectivity index (χ3v) is 5.86. The van der Waals surface area contributed by atoms with Gasteiger partial charge in [0.15, 0.2) is 11.5 Å². The summed E-state index contributed by atoms with van der Waals surface area (Å²) in [5, 5.41) is 6.12. The Kier molecular flexibility index (Phi) is 5.22. The number of nitrogens with zero attached hydrogens (tertiary/aromatic N) is 3. The van der Waals surface area contributed by atoms with Crippen molar-refractivity contribution in [3.05, 3.63) is 24.4 Å². The van der Waals surface area contributed by atoms with Crippen molar-refractivity contribution in [3.8, 4) is 11.5 Å². The van der Waals surface area contributed by atoms with Gasteiger partial charge in [-0.15, -0.1) is 0 Å². The van der Waals surface area contributed by atoms with Gasteiger partial charge in [0.1, 0.15) is 0 Å². The van der Waals surface area contributed by atoms with Crippen LogP contribution in [0.3, 0.4) is 0 Å². The van der Waals surface area contributed by atoms with Gasteiger partial charge in [-0.3, -0.25) is 4.98 Å². The van der Waals surface area contributed by atoms with Gasteiger partial charge in [0.05, 0.1) is 19.7 Å². The molecule has 1 aromatic carbocycles. The second kappa shape index (κ2) is 7.26. The summed E-state index contributed by atoms with van der Waals surface area (Å²) in [6, 6.07) is 5.80. The first kappa shape index (κ1) is 18.7. The number of hydrogen-bond acceptors (Lipinski definition) is 6. The van der Waals surface area contributed by atoms with E-state index in [4.69, 9.17) is 14.6 Å². The zero-order valence-electron chi connectivity index (χ0n) is 15.2. The average molecular weight is 380 g/mol. The number of hydrogen-bond donors (Lipinski definition) is 1. The summed E-state index contributed by atoms with van der Waals surface area (Å²) in [4.78, 5) is 6.68. The normalized spacial score (nSPS) is 15.3. The van der Waals surface area contributed by atoms with E-state index in [1.165, 1.54) is 11.4 Å². The number of benzene rings is 1. The highest BCUT2D eigenvalue weighted by Crippen LogP contribution is 2.37.